The summed E-state index contributed by atoms with van der Waals surface area (Å²) in [6.07, 6.45) is 1.65. The van der Waals surface area contributed by atoms with Crippen LogP contribution in [0.15, 0.2) is 30.5 Å². The van der Waals surface area contributed by atoms with Gasteiger partial charge in [-0.05, 0) is 19.9 Å². The lowest BCUT2D eigenvalue weighted by Gasteiger charge is -2.16. The molecule has 0 atom stereocenters. The van der Waals surface area contributed by atoms with E-state index in [1.54, 1.807) is 6.20 Å². The van der Waals surface area contributed by atoms with Gasteiger partial charge < -0.3 is 11.1 Å². The molecule has 1 heterocycles. The van der Waals surface area contributed by atoms with Crippen LogP contribution >= 0.6 is 0 Å². The molecule has 17 heavy (non-hydrogen) atoms. The molecule has 4 N–H and O–H groups in total. The number of pyridine rings is 1. The Morgan fingerprint density at radius 2 is 2.06 bits per heavy atom. The summed E-state index contributed by atoms with van der Waals surface area (Å²) in [5.41, 5.74) is 8.03. The van der Waals surface area contributed by atoms with Gasteiger partial charge in [-0.25, -0.2) is 0 Å². The SMILES string of the molecule is CC(C)Nc1c(C(=N)N)cnc2ccccc12. The monoisotopic (exact) mass is 228 g/mol. The Morgan fingerprint density at radius 3 is 2.71 bits per heavy atom. The van der Waals surface area contributed by atoms with E-state index in [1.807, 2.05) is 24.3 Å². The van der Waals surface area contributed by atoms with Crippen LogP contribution in [0.25, 0.3) is 10.9 Å². The number of anilines is 1. The van der Waals surface area contributed by atoms with E-state index in [0.717, 1.165) is 16.6 Å². The molecule has 0 saturated heterocycles. The summed E-state index contributed by atoms with van der Waals surface area (Å²) in [6, 6.07) is 8.12. The normalized spacial score (nSPS) is 10.8. The van der Waals surface area contributed by atoms with E-state index in [9.17, 15) is 0 Å². The van der Waals surface area contributed by atoms with Crippen molar-refractivity contribution in [3.63, 3.8) is 0 Å². The van der Waals surface area contributed by atoms with Crippen molar-refractivity contribution < 1.29 is 0 Å². The molecule has 4 nitrogen and oxygen atoms in total. The second-order valence-electron chi connectivity index (χ2n) is 4.28. The molecule has 0 saturated carbocycles. The van der Waals surface area contributed by atoms with Crippen molar-refractivity contribution in [3.05, 3.63) is 36.0 Å². The maximum absolute atomic E-state index is 7.59. The number of hydrogen-bond donors (Lipinski definition) is 3. The largest absolute Gasteiger partial charge is 0.384 e. The van der Waals surface area contributed by atoms with Gasteiger partial charge in [0.25, 0.3) is 0 Å². The minimum Gasteiger partial charge on any atom is -0.384 e. The van der Waals surface area contributed by atoms with Gasteiger partial charge in [0.2, 0.25) is 0 Å². The molecule has 1 aromatic carbocycles. The van der Waals surface area contributed by atoms with E-state index in [-0.39, 0.29) is 11.9 Å². The first-order chi connectivity index (χ1) is 8.09. The third-order valence-corrected chi connectivity index (χ3v) is 2.50. The average Bonchev–Trinajstić information content (AvgIpc) is 2.28. The van der Waals surface area contributed by atoms with E-state index in [2.05, 4.69) is 24.1 Å². The van der Waals surface area contributed by atoms with E-state index in [4.69, 9.17) is 11.1 Å². The Bertz CT molecular complexity index is 560. The number of hydrogen-bond acceptors (Lipinski definition) is 3. The maximum Gasteiger partial charge on any atom is 0.126 e. The Labute approximate surface area is 100 Å². The summed E-state index contributed by atoms with van der Waals surface area (Å²) in [7, 11) is 0. The van der Waals surface area contributed by atoms with Crippen LogP contribution in [0.4, 0.5) is 5.69 Å². The highest BCUT2D eigenvalue weighted by molar-refractivity contribution is 6.07. The summed E-state index contributed by atoms with van der Waals surface area (Å²) in [6.45, 7) is 4.11. The second-order valence-corrected chi connectivity index (χ2v) is 4.28. The molecule has 0 bridgehead atoms. The minimum absolute atomic E-state index is 0.0337. The fourth-order valence-electron chi connectivity index (χ4n) is 1.79. The zero-order valence-corrected chi connectivity index (χ0v) is 9.99. The molecule has 0 aliphatic rings. The molecule has 0 aliphatic heterocycles. The van der Waals surface area contributed by atoms with Crippen LogP contribution in [0.1, 0.15) is 19.4 Å². The van der Waals surface area contributed by atoms with Crippen molar-refractivity contribution >= 4 is 22.4 Å². The third-order valence-electron chi connectivity index (χ3n) is 2.50. The highest BCUT2D eigenvalue weighted by Gasteiger charge is 2.11. The number of nitrogen functional groups attached to an aromatic ring is 1. The van der Waals surface area contributed by atoms with Gasteiger partial charge in [0.1, 0.15) is 5.84 Å². The highest BCUT2D eigenvalue weighted by Crippen LogP contribution is 2.26. The summed E-state index contributed by atoms with van der Waals surface area (Å²) in [5, 5.41) is 11.9. The molecule has 88 valence electrons. The Hall–Kier alpha value is -2.10. The number of aromatic nitrogens is 1. The van der Waals surface area contributed by atoms with Gasteiger partial charge in [-0.1, -0.05) is 18.2 Å². The van der Waals surface area contributed by atoms with Gasteiger partial charge in [0, 0.05) is 17.6 Å². The lowest BCUT2D eigenvalue weighted by molar-refractivity contribution is 0.900. The van der Waals surface area contributed by atoms with Crippen LogP contribution < -0.4 is 11.1 Å². The fourth-order valence-corrected chi connectivity index (χ4v) is 1.79. The van der Waals surface area contributed by atoms with Crippen LogP contribution in [0.3, 0.4) is 0 Å². The van der Waals surface area contributed by atoms with Crippen molar-refractivity contribution in [3.8, 4) is 0 Å². The quantitative estimate of drug-likeness (QED) is 0.557. The maximum atomic E-state index is 7.59. The predicted octanol–water partition coefficient (Wildman–Crippen LogP) is 2.34. The lowest BCUT2D eigenvalue weighted by Crippen LogP contribution is -2.18. The van der Waals surface area contributed by atoms with Crippen molar-refractivity contribution in [1.29, 1.82) is 5.41 Å². The van der Waals surface area contributed by atoms with Gasteiger partial charge in [0.05, 0.1) is 16.8 Å². The highest BCUT2D eigenvalue weighted by atomic mass is 14.9. The number of nitrogens with two attached hydrogens (primary N) is 1. The number of fused-ring (bicyclic) bond motifs is 1. The summed E-state index contributed by atoms with van der Waals surface area (Å²) in [4.78, 5) is 4.31. The fraction of sp³-hybridized carbons (Fsp3) is 0.231. The first-order valence-electron chi connectivity index (χ1n) is 5.58. The lowest BCUT2D eigenvalue weighted by atomic mass is 10.1. The van der Waals surface area contributed by atoms with Crippen LogP contribution in [0, 0.1) is 5.41 Å². The molecule has 2 aromatic rings. The van der Waals surface area contributed by atoms with Crippen LogP contribution in [0.2, 0.25) is 0 Å². The zero-order chi connectivity index (χ0) is 12.4. The third kappa shape index (κ3) is 2.20. The van der Waals surface area contributed by atoms with Crippen LogP contribution in [0.5, 0.6) is 0 Å². The molecule has 0 spiro atoms. The van der Waals surface area contributed by atoms with E-state index < -0.39 is 0 Å². The summed E-state index contributed by atoms with van der Waals surface area (Å²) in [5.74, 6) is 0.0337. The molecular weight excluding hydrogens is 212 g/mol. The number of benzene rings is 1. The van der Waals surface area contributed by atoms with E-state index in [0.29, 0.717) is 5.56 Å². The average molecular weight is 228 g/mol. The Kier molecular flexibility index (Phi) is 2.95. The topological polar surface area (TPSA) is 74.8 Å². The van der Waals surface area contributed by atoms with Gasteiger partial charge in [0.15, 0.2) is 0 Å². The number of rotatable bonds is 3. The molecule has 2 rings (SSSR count). The van der Waals surface area contributed by atoms with E-state index >= 15 is 0 Å². The van der Waals surface area contributed by atoms with Gasteiger partial charge in [-0.3, -0.25) is 10.4 Å². The molecule has 0 amide bonds. The van der Waals surface area contributed by atoms with Crippen molar-refractivity contribution in [1.82, 2.24) is 4.98 Å². The second kappa shape index (κ2) is 4.41. The minimum atomic E-state index is 0.0337. The molecule has 0 aliphatic carbocycles. The smallest absolute Gasteiger partial charge is 0.126 e. The Morgan fingerprint density at radius 1 is 1.35 bits per heavy atom. The van der Waals surface area contributed by atoms with Crippen LogP contribution in [-0.2, 0) is 0 Å². The van der Waals surface area contributed by atoms with Gasteiger partial charge in [-0.15, -0.1) is 0 Å². The van der Waals surface area contributed by atoms with Crippen molar-refractivity contribution in [2.24, 2.45) is 5.73 Å². The first-order valence-corrected chi connectivity index (χ1v) is 5.58. The zero-order valence-electron chi connectivity index (χ0n) is 9.99. The van der Waals surface area contributed by atoms with Gasteiger partial charge >= 0.3 is 0 Å². The number of para-hydroxylation sites is 1. The first kappa shape index (κ1) is 11.4. The van der Waals surface area contributed by atoms with Crippen LogP contribution in [-0.4, -0.2) is 16.9 Å². The van der Waals surface area contributed by atoms with Crippen molar-refractivity contribution in [2.75, 3.05) is 5.32 Å². The summed E-state index contributed by atoms with van der Waals surface area (Å²) >= 11 is 0. The Balaban J connectivity index is 2.70. The molecule has 4 heteroatoms. The van der Waals surface area contributed by atoms with E-state index in [1.165, 1.54) is 0 Å². The standard InChI is InChI=1S/C13H16N4/c1-8(2)17-12-9-5-3-4-6-11(9)16-7-10(12)13(14)15/h3-8H,1-2H3,(H3,14,15)(H,16,17). The number of nitrogens with zero attached hydrogens (tertiary/aromatic N) is 1. The molecule has 0 fully saturated rings. The number of nitrogens with one attached hydrogen (secondary N) is 2. The van der Waals surface area contributed by atoms with Gasteiger partial charge in [-0.2, -0.15) is 0 Å². The van der Waals surface area contributed by atoms with Crippen molar-refractivity contribution in [2.45, 2.75) is 19.9 Å². The number of amidine groups is 1. The predicted molar refractivity (Wildman–Crippen MR) is 71.5 cm³/mol. The molecule has 0 radical (unpaired) electrons. The molecule has 0 unspecified atom stereocenters. The molecule has 1 aromatic heterocycles. The molecular formula is C13H16N4. The summed E-state index contributed by atoms with van der Waals surface area (Å²) < 4.78 is 0.